The number of hydrogen-bond acceptors (Lipinski definition) is 2. The molecular formula is C23H27N3O. The largest absolute Gasteiger partial charge is 0.339 e. The number of nitrogens with zero attached hydrogens (tertiary/aromatic N) is 2. The van der Waals surface area contributed by atoms with Gasteiger partial charge in [-0.3, -0.25) is 9.69 Å². The van der Waals surface area contributed by atoms with E-state index in [-0.39, 0.29) is 5.91 Å². The van der Waals surface area contributed by atoms with Gasteiger partial charge in [0.05, 0.1) is 0 Å². The molecule has 27 heavy (non-hydrogen) atoms. The number of carbonyl (C=O) groups excluding carboxylic acids is 1. The number of carbonyl (C=O) groups is 1. The Hall–Kier alpha value is -2.85. The summed E-state index contributed by atoms with van der Waals surface area (Å²) in [6.07, 6.45) is 1.94. The van der Waals surface area contributed by atoms with E-state index in [0.29, 0.717) is 12.2 Å². The van der Waals surface area contributed by atoms with Gasteiger partial charge in [0, 0.05) is 25.0 Å². The molecule has 0 aliphatic heterocycles. The molecule has 0 atom stereocenters. The van der Waals surface area contributed by atoms with Crippen molar-refractivity contribution in [3.05, 3.63) is 89.7 Å². The topological polar surface area (TPSA) is 37.3 Å². The summed E-state index contributed by atoms with van der Waals surface area (Å²) < 4.78 is 1.98. The van der Waals surface area contributed by atoms with Crippen LogP contribution in [0.5, 0.6) is 0 Å². The zero-order valence-corrected chi connectivity index (χ0v) is 16.1. The van der Waals surface area contributed by atoms with E-state index in [0.717, 1.165) is 25.3 Å². The highest BCUT2D eigenvalue weighted by atomic mass is 16.1. The van der Waals surface area contributed by atoms with Gasteiger partial charge in [-0.25, -0.2) is 0 Å². The van der Waals surface area contributed by atoms with Crippen LogP contribution < -0.4 is 5.32 Å². The van der Waals surface area contributed by atoms with Gasteiger partial charge in [0.15, 0.2) is 0 Å². The lowest BCUT2D eigenvalue weighted by molar-refractivity contribution is 0.101. The maximum atomic E-state index is 12.8. The number of benzene rings is 2. The highest BCUT2D eigenvalue weighted by Crippen LogP contribution is 2.15. The fourth-order valence-electron chi connectivity index (χ4n) is 3.19. The van der Waals surface area contributed by atoms with Crippen LogP contribution in [-0.2, 0) is 13.1 Å². The lowest BCUT2D eigenvalue weighted by Gasteiger charge is -2.18. The molecule has 1 heterocycles. The van der Waals surface area contributed by atoms with Crippen LogP contribution in [0, 0.1) is 0 Å². The summed E-state index contributed by atoms with van der Waals surface area (Å²) in [6.45, 7) is 7.92. The molecule has 2 aromatic carbocycles. The SMILES string of the molecule is CCN(CC)Cc1cccc(NC(=O)c2cccn2Cc2ccccc2)c1. The van der Waals surface area contributed by atoms with Crippen molar-refractivity contribution in [2.24, 2.45) is 0 Å². The number of anilines is 1. The predicted octanol–water partition coefficient (Wildman–Crippen LogP) is 4.63. The first-order valence-electron chi connectivity index (χ1n) is 9.51. The van der Waals surface area contributed by atoms with Crippen LogP contribution in [0.15, 0.2) is 72.9 Å². The third-order valence-electron chi connectivity index (χ3n) is 4.74. The summed E-state index contributed by atoms with van der Waals surface area (Å²) in [6, 6.07) is 22.0. The Morgan fingerprint density at radius 2 is 1.67 bits per heavy atom. The van der Waals surface area contributed by atoms with Crippen molar-refractivity contribution in [1.82, 2.24) is 9.47 Å². The molecule has 4 heteroatoms. The van der Waals surface area contributed by atoms with Gasteiger partial charge in [0.25, 0.3) is 5.91 Å². The van der Waals surface area contributed by atoms with Crippen LogP contribution in [0.1, 0.15) is 35.5 Å². The van der Waals surface area contributed by atoms with Crippen LogP contribution in [0.25, 0.3) is 0 Å². The number of rotatable bonds is 8. The molecule has 3 rings (SSSR count). The van der Waals surface area contributed by atoms with E-state index in [4.69, 9.17) is 0 Å². The second kappa shape index (κ2) is 9.19. The third kappa shape index (κ3) is 5.08. The van der Waals surface area contributed by atoms with E-state index >= 15 is 0 Å². The van der Waals surface area contributed by atoms with Gasteiger partial charge in [-0.2, -0.15) is 0 Å². The molecule has 140 valence electrons. The molecule has 0 saturated heterocycles. The number of nitrogens with one attached hydrogen (secondary N) is 1. The number of aromatic nitrogens is 1. The molecule has 0 bridgehead atoms. The monoisotopic (exact) mass is 361 g/mol. The summed E-state index contributed by atoms with van der Waals surface area (Å²) in [7, 11) is 0. The minimum Gasteiger partial charge on any atom is -0.339 e. The predicted molar refractivity (Wildman–Crippen MR) is 111 cm³/mol. The van der Waals surface area contributed by atoms with Gasteiger partial charge >= 0.3 is 0 Å². The molecular weight excluding hydrogens is 334 g/mol. The van der Waals surface area contributed by atoms with Crippen molar-refractivity contribution in [3.63, 3.8) is 0 Å². The Morgan fingerprint density at radius 1 is 0.926 bits per heavy atom. The molecule has 1 N–H and O–H groups in total. The van der Waals surface area contributed by atoms with Crippen LogP contribution >= 0.6 is 0 Å². The first kappa shape index (κ1) is 18.9. The van der Waals surface area contributed by atoms with Crippen LogP contribution in [0.4, 0.5) is 5.69 Å². The van der Waals surface area contributed by atoms with Gasteiger partial charge in [-0.1, -0.05) is 56.3 Å². The number of hydrogen-bond donors (Lipinski definition) is 1. The van der Waals surface area contributed by atoms with Crippen LogP contribution in [0.3, 0.4) is 0 Å². The van der Waals surface area contributed by atoms with Gasteiger partial charge in [-0.15, -0.1) is 0 Å². The number of amides is 1. The molecule has 0 saturated carbocycles. The van der Waals surface area contributed by atoms with Gasteiger partial charge in [0.2, 0.25) is 0 Å². The van der Waals surface area contributed by atoms with Crippen molar-refractivity contribution in [2.45, 2.75) is 26.9 Å². The Kier molecular flexibility index (Phi) is 6.44. The summed E-state index contributed by atoms with van der Waals surface area (Å²) >= 11 is 0. The molecule has 1 aromatic heterocycles. The molecule has 0 unspecified atom stereocenters. The third-order valence-corrected chi connectivity index (χ3v) is 4.74. The maximum absolute atomic E-state index is 12.8. The fraction of sp³-hybridized carbons (Fsp3) is 0.261. The van der Waals surface area contributed by atoms with E-state index in [1.54, 1.807) is 0 Å². The minimum atomic E-state index is -0.0871. The fourth-order valence-corrected chi connectivity index (χ4v) is 3.19. The smallest absolute Gasteiger partial charge is 0.272 e. The summed E-state index contributed by atoms with van der Waals surface area (Å²) in [5.41, 5.74) is 3.87. The summed E-state index contributed by atoms with van der Waals surface area (Å²) in [5.74, 6) is -0.0871. The Balaban J connectivity index is 1.70. The van der Waals surface area contributed by atoms with Crippen molar-refractivity contribution in [3.8, 4) is 0 Å². The molecule has 0 aliphatic rings. The highest BCUT2D eigenvalue weighted by molar-refractivity contribution is 6.03. The molecule has 0 aliphatic carbocycles. The Labute approximate surface area is 161 Å². The summed E-state index contributed by atoms with van der Waals surface area (Å²) in [5, 5.41) is 3.04. The van der Waals surface area contributed by atoms with E-state index < -0.39 is 0 Å². The standard InChI is InChI=1S/C23H27N3O/c1-3-25(4-2)17-20-12-8-13-21(16-20)24-23(27)22-14-9-15-26(22)18-19-10-6-5-7-11-19/h5-16H,3-4,17-18H2,1-2H3,(H,24,27). The quantitative estimate of drug-likeness (QED) is 0.635. The molecule has 1 amide bonds. The lowest BCUT2D eigenvalue weighted by atomic mass is 10.2. The molecule has 0 fully saturated rings. The molecule has 0 spiro atoms. The highest BCUT2D eigenvalue weighted by Gasteiger charge is 2.12. The van der Waals surface area contributed by atoms with Gasteiger partial charge in [0.1, 0.15) is 5.69 Å². The van der Waals surface area contributed by atoms with Crippen LogP contribution in [0.2, 0.25) is 0 Å². The zero-order chi connectivity index (χ0) is 19.1. The van der Waals surface area contributed by atoms with Gasteiger partial charge < -0.3 is 9.88 Å². The van der Waals surface area contributed by atoms with E-state index in [1.807, 2.05) is 53.2 Å². The first-order chi connectivity index (χ1) is 13.2. The van der Waals surface area contributed by atoms with E-state index in [9.17, 15) is 4.79 Å². The maximum Gasteiger partial charge on any atom is 0.272 e. The van der Waals surface area contributed by atoms with Crippen molar-refractivity contribution in [1.29, 1.82) is 0 Å². The average molecular weight is 361 g/mol. The Bertz CT molecular complexity index is 866. The van der Waals surface area contributed by atoms with E-state index in [1.165, 1.54) is 11.1 Å². The lowest BCUT2D eigenvalue weighted by Crippen LogP contribution is -2.22. The Morgan fingerprint density at radius 3 is 2.41 bits per heavy atom. The minimum absolute atomic E-state index is 0.0871. The second-order valence-corrected chi connectivity index (χ2v) is 6.62. The van der Waals surface area contributed by atoms with Crippen molar-refractivity contribution in [2.75, 3.05) is 18.4 Å². The molecule has 3 aromatic rings. The van der Waals surface area contributed by atoms with E-state index in [2.05, 4.69) is 48.3 Å². The molecule has 0 radical (unpaired) electrons. The normalized spacial score (nSPS) is 10.9. The summed E-state index contributed by atoms with van der Waals surface area (Å²) in [4.78, 5) is 15.1. The second-order valence-electron chi connectivity index (χ2n) is 6.62. The first-order valence-corrected chi connectivity index (χ1v) is 9.51. The average Bonchev–Trinajstić information content (AvgIpc) is 3.15. The van der Waals surface area contributed by atoms with Crippen molar-refractivity contribution < 1.29 is 4.79 Å². The van der Waals surface area contributed by atoms with Crippen molar-refractivity contribution >= 4 is 11.6 Å². The zero-order valence-electron chi connectivity index (χ0n) is 16.1. The van der Waals surface area contributed by atoms with Gasteiger partial charge in [-0.05, 0) is 48.5 Å². The van der Waals surface area contributed by atoms with Crippen LogP contribution in [-0.4, -0.2) is 28.5 Å². The molecule has 4 nitrogen and oxygen atoms in total.